The highest BCUT2D eigenvalue weighted by Gasteiger charge is 2.48. The van der Waals surface area contributed by atoms with E-state index in [0.717, 1.165) is 11.3 Å². The van der Waals surface area contributed by atoms with E-state index in [9.17, 15) is 20.0 Å². The Balaban J connectivity index is 1.74. The normalized spacial score (nSPS) is 19.8. The van der Waals surface area contributed by atoms with Gasteiger partial charge in [0.1, 0.15) is 17.6 Å². The molecule has 8 heteroatoms. The van der Waals surface area contributed by atoms with Gasteiger partial charge < -0.3 is 19.3 Å². The molecule has 0 aliphatic carbocycles. The summed E-state index contributed by atoms with van der Waals surface area (Å²) in [7, 11) is 2.96. The van der Waals surface area contributed by atoms with Crippen molar-refractivity contribution in [1.82, 2.24) is 0 Å². The number of carbonyl (C=O) groups excluding carboxylic acids is 2. The van der Waals surface area contributed by atoms with Crippen LogP contribution in [0.3, 0.4) is 0 Å². The Morgan fingerprint density at radius 1 is 1.08 bits per heavy atom. The minimum Gasteiger partial charge on any atom is -0.507 e. The predicted molar refractivity (Wildman–Crippen MR) is 136 cm³/mol. The first-order chi connectivity index (χ1) is 17.9. The summed E-state index contributed by atoms with van der Waals surface area (Å²) in [5.74, 6) is -0.465. The van der Waals surface area contributed by atoms with E-state index < -0.39 is 17.7 Å². The molecule has 1 fully saturated rings. The number of para-hydroxylation sites is 1. The van der Waals surface area contributed by atoms with Crippen LogP contribution in [0.5, 0.6) is 17.2 Å². The zero-order chi connectivity index (χ0) is 26.3. The van der Waals surface area contributed by atoms with Gasteiger partial charge in [-0.3, -0.25) is 14.5 Å². The number of fused-ring (bicyclic) bond motifs is 1. The second kappa shape index (κ2) is 9.36. The molecule has 0 bridgehead atoms. The number of aliphatic hydroxyl groups excluding tert-OH is 1. The molecular weight excluding hydrogens is 472 g/mol. The fraction of sp³-hybridized carbons (Fsp3) is 0.207. The van der Waals surface area contributed by atoms with E-state index >= 15 is 0 Å². The first-order valence-electron chi connectivity index (χ1n) is 11.7. The fourth-order valence-corrected chi connectivity index (χ4v) is 4.94. The molecule has 2 aliphatic heterocycles. The van der Waals surface area contributed by atoms with Crippen molar-refractivity contribution in [2.75, 3.05) is 19.1 Å². The average molecular weight is 497 g/mol. The molecule has 37 heavy (non-hydrogen) atoms. The molecule has 186 valence electrons. The fourth-order valence-electron chi connectivity index (χ4n) is 4.94. The van der Waals surface area contributed by atoms with Crippen molar-refractivity contribution in [2.45, 2.75) is 25.5 Å². The quantitative estimate of drug-likeness (QED) is 0.314. The number of anilines is 1. The summed E-state index contributed by atoms with van der Waals surface area (Å²) in [5.41, 5.74) is 2.50. The highest BCUT2D eigenvalue weighted by atomic mass is 16.5. The van der Waals surface area contributed by atoms with Crippen molar-refractivity contribution < 1.29 is 28.9 Å². The zero-order valence-electron chi connectivity index (χ0n) is 20.5. The molecule has 1 N–H and O–H groups in total. The van der Waals surface area contributed by atoms with Gasteiger partial charge in [0.25, 0.3) is 11.7 Å². The number of ketones is 1. The number of benzene rings is 3. The molecular formula is C29H24N2O6. The number of rotatable bonds is 5. The number of amides is 1. The highest BCUT2D eigenvalue weighted by Crippen LogP contribution is 2.47. The maximum Gasteiger partial charge on any atom is 0.300 e. The van der Waals surface area contributed by atoms with Gasteiger partial charge >= 0.3 is 0 Å². The van der Waals surface area contributed by atoms with Crippen LogP contribution in [0.2, 0.25) is 0 Å². The molecule has 2 heterocycles. The minimum absolute atomic E-state index is 0.00963. The van der Waals surface area contributed by atoms with Gasteiger partial charge in [-0.05, 0) is 61.0 Å². The van der Waals surface area contributed by atoms with Gasteiger partial charge in [0.2, 0.25) is 0 Å². The van der Waals surface area contributed by atoms with Crippen LogP contribution in [-0.2, 0) is 16.0 Å². The summed E-state index contributed by atoms with van der Waals surface area (Å²) in [6, 6.07) is 17.7. The van der Waals surface area contributed by atoms with E-state index in [1.165, 1.54) is 19.1 Å². The minimum atomic E-state index is -1.01. The average Bonchev–Trinajstić information content (AvgIpc) is 3.42. The number of nitrogens with zero attached hydrogens (tertiary/aromatic N) is 2. The Hall–Kier alpha value is -4.77. The topological polar surface area (TPSA) is 109 Å². The van der Waals surface area contributed by atoms with Gasteiger partial charge in [-0.2, -0.15) is 5.26 Å². The predicted octanol–water partition coefficient (Wildman–Crippen LogP) is 4.53. The number of ether oxygens (including phenoxy) is 3. The van der Waals surface area contributed by atoms with Crippen LogP contribution in [0.25, 0.3) is 5.76 Å². The molecule has 1 saturated heterocycles. The van der Waals surface area contributed by atoms with Crippen LogP contribution in [0, 0.1) is 11.3 Å². The van der Waals surface area contributed by atoms with E-state index in [0.29, 0.717) is 40.3 Å². The number of nitriles is 1. The largest absolute Gasteiger partial charge is 0.507 e. The number of carbonyl (C=O) groups is 2. The molecule has 2 unspecified atom stereocenters. The molecule has 0 radical (unpaired) electrons. The number of hydrogen-bond acceptors (Lipinski definition) is 7. The van der Waals surface area contributed by atoms with Gasteiger partial charge in [-0.15, -0.1) is 0 Å². The number of Topliss-reactive ketones (excluding diaryl/α,β-unsaturated/α-hetero) is 1. The Bertz CT molecular complexity index is 1490. The van der Waals surface area contributed by atoms with Gasteiger partial charge in [0, 0.05) is 23.2 Å². The molecule has 3 aromatic carbocycles. The van der Waals surface area contributed by atoms with Crippen molar-refractivity contribution in [3.8, 4) is 23.3 Å². The van der Waals surface area contributed by atoms with Crippen molar-refractivity contribution >= 4 is 23.1 Å². The van der Waals surface area contributed by atoms with Crippen molar-refractivity contribution in [2.24, 2.45) is 0 Å². The Kier molecular flexibility index (Phi) is 6.06. The van der Waals surface area contributed by atoms with E-state index in [1.54, 1.807) is 60.7 Å². The van der Waals surface area contributed by atoms with Gasteiger partial charge in [0.15, 0.2) is 11.5 Å². The lowest BCUT2D eigenvalue weighted by molar-refractivity contribution is -0.132. The number of aliphatic hydroxyl groups is 1. The summed E-state index contributed by atoms with van der Waals surface area (Å²) in [6.45, 7) is 1.96. The molecule has 0 saturated carbocycles. The van der Waals surface area contributed by atoms with E-state index in [1.807, 2.05) is 13.0 Å². The third kappa shape index (κ3) is 3.95. The zero-order valence-corrected chi connectivity index (χ0v) is 20.5. The smallest absolute Gasteiger partial charge is 0.300 e. The summed E-state index contributed by atoms with van der Waals surface area (Å²) < 4.78 is 16.9. The summed E-state index contributed by atoms with van der Waals surface area (Å²) in [5, 5.41) is 20.7. The molecule has 0 spiro atoms. The number of methoxy groups -OCH3 is 2. The highest BCUT2D eigenvalue weighted by molar-refractivity contribution is 6.51. The van der Waals surface area contributed by atoms with Crippen LogP contribution in [0.4, 0.5) is 5.69 Å². The van der Waals surface area contributed by atoms with E-state index in [4.69, 9.17) is 14.2 Å². The molecule has 2 atom stereocenters. The summed E-state index contributed by atoms with van der Waals surface area (Å²) in [4.78, 5) is 28.3. The third-order valence-corrected chi connectivity index (χ3v) is 6.62. The van der Waals surface area contributed by atoms with Crippen LogP contribution in [0.15, 0.2) is 66.2 Å². The van der Waals surface area contributed by atoms with Gasteiger partial charge in [-0.1, -0.05) is 12.1 Å². The Morgan fingerprint density at radius 3 is 2.51 bits per heavy atom. The van der Waals surface area contributed by atoms with Crippen LogP contribution < -0.4 is 19.1 Å². The van der Waals surface area contributed by atoms with E-state index in [2.05, 4.69) is 0 Å². The first kappa shape index (κ1) is 23.9. The maximum atomic E-state index is 13.5. The van der Waals surface area contributed by atoms with Crippen molar-refractivity contribution in [3.05, 3.63) is 88.5 Å². The lowest BCUT2D eigenvalue weighted by Gasteiger charge is -2.27. The monoisotopic (exact) mass is 496 g/mol. The maximum absolute atomic E-state index is 13.5. The standard InChI is InChI=1S/C29H24N2O6/c1-16-13-19-14-18(9-12-22(19)37-16)26(32)24-25(21-5-4-6-23(35-2)28(21)36-3)31(29(34)27(24)33)20-10-7-17(15-30)8-11-20/h4-12,14,16,25,32H,13H2,1-3H3/b26-24+. The Morgan fingerprint density at radius 2 is 1.84 bits per heavy atom. The second-order valence-corrected chi connectivity index (χ2v) is 8.87. The van der Waals surface area contributed by atoms with Crippen molar-refractivity contribution in [3.63, 3.8) is 0 Å². The van der Waals surface area contributed by atoms with Gasteiger partial charge in [-0.25, -0.2) is 0 Å². The molecule has 0 aromatic heterocycles. The SMILES string of the molecule is COc1cccc(C2/C(=C(\O)c3ccc4c(c3)CC(C)O4)C(=O)C(=O)N2c2ccc(C#N)cc2)c1OC. The van der Waals surface area contributed by atoms with Crippen molar-refractivity contribution in [1.29, 1.82) is 5.26 Å². The molecule has 8 nitrogen and oxygen atoms in total. The Labute approximate surface area is 213 Å². The van der Waals surface area contributed by atoms with Gasteiger partial charge in [0.05, 0.1) is 37.5 Å². The second-order valence-electron chi connectivity index (χ2n) is 8.87. The van der Waals surface area contributed by atoms with Crippen LogP contribution >= 0.6 is 0 Å². The van der Waals surface area contributed by atoms with Crippen LogP contribution in [-0.4, -0.2) is 37.1 Å². The third-order valence-electron chi connectivity index (χ3n) is 6.62. The molecule has 3 aromatic rings. The number of hydrogen-bond donors (Lipinski definition) is 1. The summed E-state index contributed by atoms with van der Waals surface area (Å²) in [6.07, 6.45) is 0.679. The van der Waals surface area contributed by atoms with Crippen LogP contribution in [0.1, 0.15) is 35.2 Å². The van der Waals surface area contributed by atoms with E-state index in [-0.39, 0.29) is 17.4 Å². The molecule has 5 rings (SSSR count). The lowest BCUT2D eigenvalue weighted by atomic mass is 9.93. The lowest BCUT2D eigenvalue weighted by Crippen LogP contribution is -2.29. The molecule has 1 amide bonds. The molecule has 2 aliphatic rings. The first-order valence-corrected chi connectivity index (χ1v) is 11.7. The summed E-state index contributed by atoms with van der Waals surface area (Å²) >= 11 is 0.